The Morgan fingerprint density at radius 2 is 2.38 bits per heavy atom. The number of fused-ring (bicyclic) bond motifs is 1. The number of Topliss-reactive ketones (excluding diaryl/α,β-unsaturated/α-hetero) is 1. The molecular weight excluding hydrogens is 284 g/mol. The number of hydrogen-bond acceptors (Lipinski definition) is 5. The molecule has 0 radical (unpaired) electrons. The Hall–Kier alpha value is -2.39. The average Bonchev–Trinajstić information content (AvgIpc) is 3.14. The predicted octanol–water partition coefficient (Wildman–Crippen LogP) is 2.84. The molecule has 2 aliphatic rings. The highest BCUT2D eigenvalue weighted by molar-refractivity contribution is 7.10. The molecule has 1 atom stereocenters. The lowest BCUT2D eigenvalue weighted by Gasteiger charge is -2.32. The fraction of sp³-hybridized carbons (Fsp3) is 0.267. The van der Waals surface area contributed by atoms with E-state index in [1.807, 2.05) is 17.5 Å². The number of thiophene rings is 1. The van der Waals surface area contributed by atoms with Crippen LogP contribution in [0, 0.1) is 11.3 Å². The van der Waals surface area contributed by atoms with Gasteiger partial charge in [-0.05, 0) is 24.3 Å². The second kappa shape index (κ2) is 4.57. The van der Waals surface area contributed by atoms with Crippen molar-refractivity contribution < 1.29 is 4.79 Å². The Balaban J connectivity index is 1.96. The van der Waals surface area contributed by atoms with E-state index in [4.69, 9.17) is 0 Å². The van der Waals surface area contributed by atoms with Crippen molar-refractivity contribution in [2.24, 2.45) is 0 Å². The highest BCUT2D eigenvalue weighted by atomic mass is 32.1. The van der Waals surface area contributed by atoms with E-state index in [-0.39, 0.29) is 11.8 Å². The molecule has 0 spiro atoms. The van der Waals surface area contributed by atoms with Gasteiger partial charge >= 0.3 is 0 Å². The normalized spacial score (nSPS) is 20.5. The molecule has 2 aromatic rings. The van der Waals surface area contributed by atoms with Crippen molar-refractivity contribution in [1.82, 2.24) is 9.78 Å². The Kier molecular flexibility index (Phi) is 2.69. The van der Waals surface area contributed by atoms with Crippen LogP contribution in [0.4, 0.5) is 5.82 Å². The van der Waals surface area contributed by atoms with Crippen molar-refractivity contribution in [1.29, 1.82) is 5.26 Å². The molecule has 21 heavy (non-hydrogen) atoms. The third-order valence-electron chi connectivity index (χ3n) is 3.97. The molecule has 0 fully saturated rings. The summed E-state index contributed by atoms with van der Waals surface area (Å²) in [5, 5.41) is 18.8. The monoisotopic (exact) mass is 296 g/mol. The first-order valence-electron chi connectivity index (χ1n) is 6.84. The van der Waals surface area contributed by atoms with Crippen LogP contribution in [-0.4, -0.2) is 15.6 Å². The maximum Gasteiger partial charge on any atom is 0.163 e. The van der Waals surface area contributed by atoms with Gasteiger partial charge in [-0.1, -0.05) is 6.07 Å². The molecule has 1 aliphatic heterocycles. The highest BCUT2D eigenvalue weighted by Gasteiger charge is 2.37. The standard InChI is InChI=1S/C15H12N4OS/c16-7-9-8-17-19-14(12-5-2-6-21-12)13-10(18-15(9)19)3-1-4-11(13)20/h2,5-6,8,14,18H,1,3-4H2/t14-/m0/s1. The second-order valence-corrected chi connectivity index (χ2v) is 6.15. The van der Waals surface area contributed by atoms with Gasteiger partial charge in [0.2, 0.25) is 0 Å². The molecule has 0 aromatic carbocycles. The summed E-state index contributed by atoms with van der Waals surface area (Å²) in [5.74, 6) is 0.881. The third kappa shape index (κ3) is 1.74. The fourth-order valence-electron chi connectivity index (χ4n) is 3.05. The molecule has 2 aromatic heterocycles. The summed E-state index contributed by atoms with van der Waals surface area (Å²) >= 11 is 1.61. The van der Waals surface area contributed by atoms with Gasteiger partial charge in [-0.25, -0.2) is 4.68 Å². The van der Waals surface area contributed by atoms with Gasteiger partial charge in [0.25, 0.3) is 0 Å². The SMILES string of the molecule is N#Cc1cnn2c1NC1=C(C(=O)CCC1)[C@@H]2c1cccs1. The lowest BCUT2D eigenvalue weighted by atomic mass is 9.88. The fourth-order valence-corrected chi connectivity index (χ4v) is 3.87. The van der Waals surface area contributed by atoms with Crippen molar-refractivity contribution >= 4 is 22.9 Å². The van der Waals surface area contributed by atoms with Crippen molar-refractivity contribution in [3.8, 4) is 6.07 Å². The number of anilines is 1. The van der Waals surface area contributed by atoms with Crippen LogP contribution < -0.4 is 5.32 Å². The highest BCUT2D eigenvalue weighted by Crippen LogP contribution is 2.42. The van der Waals surface area contributed by atoms with Gasteiger partial charge in [-0.3, -0.25) is 4.79 Å². The van der Waals surface area contributed by atoms with Crippen LogP contribution in [0.2, 0.25) is 0 Å². The van der Waals surface area contributed by atoms with Gasteiger partial charge in [0.1, 0.15) is 23.5 Å². The van der Waals surface area contributed by atoms with Crippen molar-refractivity contribution in [2.45, 2.75) is 25.3 Å². The van der Waals surface area contributed by atoms with Crippen molar-refractivity contribution in [3.63, 3.8) is 0 Å². The van der Waals surface area contributed by atoms with Crippen LogP contribution in [-0.2, 0) is 4.79 Å². The Morgan fingerprint density at radius 3 is 3.14 bits per heavy atom. The predicted molar refractivity (Wildman–Crippen MR) is 78.9 cm³/mol. The van der Waals surface area contributed by atoms with E-state index in [2.05, 4.69) is 16.5 Å². The summed E-state index contributed by atoms with van der Waals surface area (Å²) in [6.07, 6.45) is 3.85. The first-order valence-corrected chi connectivity index (χ1v) is 7.72. The van der Waals surface area contributed by atoms with Crippen LogP contribution in [0.25, 0.3) is 0 Å². The number of carbonyl (C=O) groups excluding carboxylic acids is 1. The van der Waals surface area contributed by atoms with Crippen molar-refractivity contribution in [2.75, 3.05) is 5.32 Å². The number of nitrogens with zero attached hydrogens (tertiary/aromatic N) is 3. The maximum absolute atomic E-state index is 12.4. The van der Waals surface area contributed by atoms with Gasteiger partial charge in [-0.2, -0.15) is 10.4 Å². The summed E-state index contributed by atoms with van der Waals surface area (Å²) < 4.78 is 1.77. The minimum Gasteiger partial charge on any atom is -0.342 e. The third-order valence-corrected chi connectivity index (χ3v) is 4.90. The number of nitriles is 1. The zero-order valence-corrected chi connectivity index (χ0v) is 12.0. The molecule has 0 unspecified atom stereocenters. The van der Waals surface area contributed by atoms with Crippen molar-refractivity contribution in [3.05, 3.63) is 45.4 Å². The van der Waals surface area contributed by atoms with Gasteiger partial charge in [0, 0.05) is 22.6 Å². The molecular formula is C15H12N4OS. The van der Waals surface area contributed by atoms with Crippen LogP contribution in [0.15, 0.2) is 35.0 Å². The summed E-state index contributed by atoms with van der Waals surface area (Å²) in [6, 6.07) is 5.95. The van der Waals surface area contributed by atoms with E-state index >= 15 is 0 Å². The molecule has 0 saturated carbocycles. The van der Waals surface area contributed by atoms with E-state index in [1.165, 1.54) is 0 Å². The summed E-state index contributed by atoms with van der Waals surface area (Å²) in [5.41, 5.74) is 2.28. The van der Waals surface area contributed by atoms with Gasteiger partial charge < -0.3 is 5.32 Å². The molecule has 4 rings (SSSR count). The first-order chi connectivity index (χ1) is 10.3. The second-order valence-electron chi connectivity index (χ2n) is 5.18. The Bertz CT molecular complexity index is 794. The Morgan fingerprint density at radius 1 is 1.48 bits per heavy atom. The molecule has 0 saturated heterocycles. The molecule has 1 N–H and O–H groups in total. The van der Waals surface area contributed by atoms with Crippen LogP contribution in [0.1, 0.15) is 35.7 Å². The lowest BCUT2D eigenvalue weighted by Crippen LogP contribution is -2.31. The minimum atomic E-state index is -0.203. The molecule has 6 heteroatoms. The zero-order valence-electron chi connectivity index (χ0n) is 11.2. The van der Waals surface area contributed by atoms with E-state index in [1.54, 1.807) is 22.2 Å². The number of hydrogen-bond donors (Lipinski definition) is 1. The summed E-state index contributed by atoms with van der Waals surface area (Å²) in [7, 11) is 0. The average molecular weight is 296 g/mol. The molecule has 5 nitrogen and oxygen atoms in total. The molecule has 0 amide bonds. The smallest absolute Gasteiger partial charge is 0.163 e. The number of ketones is 1. The van der Waals surface area contributed by atoms with Gasteiger partial charge in [0.05, 0.1) is 6.20 Å². The number of nitrogens with one attached hydrogen (secondary N) is 1. The quantitative estimate of drug-likeness (QED) is 0.878. The van der Waals surface area contributed by atoms with E-state index in [0.29, 0.717) is 17.8 Å². The molecule has 104 valence electrons. The topological polar surface area (TPSA) is 70.7 Å². The largest absolute Gasteiger partial charge is 0.342 e. The molecule has 3 heterocycles. The van der Waals surface area contributed by atoms with Gasteiger partial charge in [-0.15, -0.1) is 11.3 Å². The molecule has 0 bridgehead atoms. The van der Waals surface area contributed by atoms with Crippen LogP contribution >= 0.6 is 11.3 Å². The lowest BCUT2D eigenvalue weighted by molar-refractivity contribution is -0.116. The van der Waals surface area contributed by atoms with Crippen LogP contribution in [0.5, 0.6) is 0 Å². The molecule has 1 aliphatic carbocycles. The number of aromatic nitrogens is 2. The number of carbonyl (C=O) groups is 1. The van der Waals surface area contributed by atoms with E-state index in [0.717, 1.165) is 29.0 Å². The summed E-state index contributed by atoms with van der Waals surface area (Å²) in [6.45, 7) is 0. The maximum atomic E-state index is 12.4. The first kappa shape index (κ1) is 12.4. The van der Waals surface area contributed by atoms with E-state index in [9.17, 15) is 10.1 Å². The number of allylic oxidation sites excluding steroid dienone is 2. The number of rotatable bonds is 1. The van der Waals surface area contributed by atoms with E-state index < -0.39 is 0 Å². The van der Waals surface area contributed by atoms with Crippen LogP contribution in [0.3, 0.4) is 0 Å². The Labute approximate surface area is 125 Å². The zero-order chi connectivity index (χ0) is 14.4. The summed E-state index contributed by atoms with van der Waals surface area (Å²) in [4.78, 5) is 13.5. The van der Waals surface area contributed by atoms with Gasteiger partial charge in [0.15, 0.2) is 5.78 Å². The minimum absolute atomic E-state index is 0.182.